The van der Waals surface area contributed by atoms with Gasteiger partial charge in [0.2, 0.25) is 10.0 Å². The number of carbonyl (C=O) groups excluding carboxylic acids is 1. The first-order chi connectivity index (χ1) is 15.7. The first-order valence-electron chi connectivity index (χ1n) is 9.97. The summed E-state index contributed by atoms with van der Waals surface area (Å²) in [6.07, 6.45) is 2.65. The van der Waals surface area contributed by atoms with E-state index in [1.165, 1.54) is 10.5 Å². The number of hydrogen-bond acceptors (Lipinski definition) is 5. The van der Waals surface area contributed by atoms with Gasteiger partial charge in [-0.05, 0) is 55.0 Å². The van der Waals surface area contributed by atoms with Crippen molar-refractivity contribution in [1.82, 2.24) is 5.43 Å². The van der Waals surface area contributed by atoms with Gasteiger partial charge >= 0.3 is 0 Å². The van der Waals surface area contributed by atoms with Crippen LogP contribution >= 0.6 is 15.9 Å². The van der Waals surface area contributed by atoms with Gasteiger partial charge in [-0.3, -0.25) is 9.10 Å². The quantitative estimate of drug-likeness (QED) is 0.343. The van der Waals surface area contributed by atoms with Gasteiger partial charge in [0.15, 0.2) is 0 Å². The van der Waals surface area contributed by atoms with Crippen LogP contribution in [-0.2, 0) is 16.6 Å². The van der Waals surface area contributed by atoms with E-state index in [1.54, 1.807) is 37.4 Å². The molecule has 1 N–H and O–H groups in total. The van der Waals surface area contributed by atoms with E-state index in [2.05, 4.69) is 26.5 Å². The molecule has 0 heterocycles. The Labute approximate surface area is 202 Å². The molecule has 172 valence electrons. The van der Waals surface area contributed by atoms with Crippen molar-refractivity contribution in [2.45, 2.75) is 13.5 Å². The topological polar surface area (TPSA) is 88.1 Å². The molecule has 3 rings (SSSR count). The number of aryl methyl sites for hydroxylation is 1. The van der Waals surface area contributed by atoms with Gasteiger partial charge in [-0.1, -0.05) is 45.8 Å². The number of hydrogen-bond donors (Lipinski definition) is 1. The number of ether oxygens (including phenoxy) is 1. The molecule has 0 bridgehead atoms. The van der Waals surface area contributed by atoms with Crippen LogP contribution in [0.5, 0.6) is 5.75 Å². The zero-order valence-electron chi connectivity index (χ0n) is 18.4. The molecule has 3 aromatic carbocycles. The molecule has 0 spiro atoms. The molecule has 0 aliphatic carbocycles. The minimum atomic E-state index is -3.52. The SMILES string of the molecule is COc1ccc(Br)cc1/C=N\NC(=O)c1ccc(N(Cc2ccc(C)cc2)S(C)(=O)=O)cc1. The zero-order valence-corrected chi connectivity index (χ0v) is 20.9. The van der Waals surface area contributed by atoms with E-state index in [1.807, 2.05) is 43.3 Å². The second-order valence-corrected chi connectivity index (χ2v) is 10.2. The number of carbonyl (C=O) groups is 1. The molecule has 0 fully saturated rings. The summed E-state index contributed by atoms with van der Waals surface area (Å²) in [5, 5.41) is 4.00. The molecule has 0 saturated carbocycles. The van der Waals surface area contributed by atoms with E-state index in [-0.39, 0.29) is 6.54 Å². The van der Waals surface area contributed by atoms with Crippen LogP contribution in [0.15, 0.2) is 76.3 Å². The molecule has 0 aliphatic heterocycles. The molecule has 0 saturated heterocycles. The van der Waals surface area contributed by atoms with Crippen molar-refractivity contribution in [3.63, 3.8) is 0 Å². The van der Waals surface area contributed by atoms with E-state index in [0.29, 0.717) is 22.6 Å². The Morgan fingerprint density at radius 3 is 2.36 bits per heavy atom. The summed E-state index contributed by atoms with van der Waals surface area (Å²) in [4.78, 5) is 12.5. The fraction of sp³-hybridized carbons (Fsp3) is 0.167. The number of rotatable bonds is 8. The Morgan fingerprint density at radius 2 is 1.76 bits per heavy atom. The van der Waals surface area contributed by atoms with E-state index < -0.39 is 15.9 Å². The molecule has 33 heavy (non-hydrogen) atoms. The van der Waals surface area contributed by atoms with Gasteiger partial charge in [0.25, 0.3) is 5.91 Å². The summed E-state index contributed by atoms with van der Waals surface area (Å²) in [5.41, 5.74) is 5.95. The maximum Gasteiger partial charge on any atom is 0.271 e. The monoisotopic (exact) mass is 529 g/mol. The minimum absolute atomic E-state index is 0.198. The predicted octanol–water partition coefficient (Wildman–Crippen LogP) is 4.50. The summed E-state index contributed by atoms with van der Waals surface area (Å²) in [6.45, 7) is 2.17. The highest BCUT2D eigenvalue weighted by atomic mass is 79.9. The summed E-state index contributed by atoms with van der Waals surface area (Å²) in [6, 6.07) is 19.4. The van der Waals surface area contributed by atoms with Crippen molar-refractivity contribution < 1.29 is 17.9 Å². The summed E-state index contributed by atoms with van der Waals surface area (Å²) in [5.74, 6) is 0.200. The fourth-order valence-corrected chi connectivity index (χ4v) is 4.34. The molecule has 0 aliphatic rings. The van der Waals surface area contributed by atoms with Crippen molar-refractivity contribution in [1.29, 1.82) is 0 Å². The minimum Gasteiger partial charge on any atom is -0.496 e. The van der Waals surface area contributed by atoms with Crippen LogP contribution < -0.4 is 14.5 Å². The Kier molecular flexibility index (Phi) is 7.88. The summed E-state index contributed by atoms with van der Waals surface area (Å²) < 4.78 is 32.2. The van der Waals surface area contributed by atoms with Gasteiger partial charge in [-0.2, -0.15) is 5.10 Å². The van der Waals surface area contributed by atoms with Gasteiger partial charge in [0.1, 0.15) is 5.75 Å². The van der Waals surface area contributed by atoms with Crippen molar-refractivity contribution in [3.05, 3.63) is 93.5 Å². The lowest BCUT2D eigenvalue weighted by atomic mass is 10.1. The average molecular weight is 530 g/mol. The lowest BCUT2D eigenvalue weighted by Gasteiger charge is -2.22. The molecule has 0 aromatic heterocycles. The molecule has 0 radical (unpaired) electrons. The highest BCUT2D eigenvalue weighted by molar-refractivity contribution is 9.10. The zero-order chi connectivity index (χ0) is 24.0. The van der Waals surface area contributed by atoms with E-state index in [0.717, 1.165) is 21.9 Å². The Morgan fingerprint density at radius 1 is 1.09 bits per heavy atom. The van der Waals surface area contributed by atoms with Crippen molar-refractivity contribution >= 4 is 43.8 Å². The number of benzene rings is 3. The number of amides is 1. The van der Waals surface area contributed by atoms with E-state index >= 15 is 0 Å². The number of anilines is 1. The molecular formula is C24H24BrN3O4S. The number of nitrogens with one attached hydrogen (secondary N) is 1. The highest BCUT2D eigenvalue weighted by Gasteiger charge is 2.18. The molecular weight excluding hydrogens is 506 g/mol. The van der Waals surface area contributed by atoms with E-state index in [9.17, 15) is 13.2 Å². The van der Waals surface area contributed by atoms with Gasteiger partial charge in [-0.15, -0.1) is 0 Å². The van der Waals surface area contributed by atoms with Gasteiger partial charge < -0.3 is 4.74 Å². The Hall–Kier alpha value is -3.17. The average Bonchev–Trinajstić information content (AvgIpc) is 2.78. The first-order valence-corrected chi connectivity index (χ1v) is 12.6. The normalized spacial score (nSPS) is 11.4. The number of sulfonamides is 1. The standard InChI is InChI=1S/C24H24BrN3O4S/c1-17-4-6-18(7-5-17)16-28(33(3,30)31)22-11-8-19(9-12-22)24(29)27-26-15-20-14-21(25)10-13-23(20)32-2/h4-15H,16H2,1-3H3,(H,27,29)/b26-15-. The molecule has 1 amide bonds. The summed E-state index contributed by atoms with van der Waals surface area (Å²) >= 11 is 3.39. The van der Waals surface area contributed by atoms with Gasteiger partial charge in [0, 0.05) is 15.6 Å². The van der Waals surface area contributed by atoms with Crippen LogP contribution in [0.3, 0.4) is 0 Å². The lowest BCUT2D eigenvalue weighted by Crippen LogP contribution is -2.29. The number of nitrogens with zero attached hydrogens (tertiary/aromatic N) is 2. The molecule has 0 atom stereocenters. The second kappa shape index (κ2) is 10.6. The van der Waals surface area contributed by atoms with Crippen LogP contribution in [0.25, 0.3) is 0 Å². The Bertz CT molecular complexity index is 1260. The third-order valence-corrected chi connectivity index (χ3v) is 6.46. The molecule has 7 nitrogen and oxygen atoms in total. The maximum absolute atomic E-state index is 12.5. The van der Waals surface area contributed by atoms with E-state index in [4.69, 9.17) is 4.74 Å². The first kappa shape index (κ1) is 24.5. The van der Waals surface area contributed by atoms with Crippen molar-refractivity contribution in [2.75, 3.05) is 17.7 Å². The van der Waals surface area contributed by atoms with Crippen molar-refractivity contribution in [3.8, 4) is 5.75 Å². The lowest BCUT2D eigenvalue weighted by molar-refractivity contribution is 0.0955. The van der Waals surface area contributed by atoms with Crippen LogP contribution in [0, 0.1) is 6.92 Å². The van der Waals surface area contributed by atoms with Crippen LogP contribution in [0.2, 0.25) is 0 Å². The third-order valence-electron chi connectivity index (χ3n) is 4.83. The molecule has 9 heteroatoms. The Balaban J connectivity index is 1.73. The molecule has 3 aromatic rings. The maximum atomic E-state index is 12.5. The predicted molar refractivity (Wildman–Crippen MR) is 134 cm³/mol. The smallest absolute Gasteiger partial charge is 0.271 e. The molecule has 0 unspecified atom stereocenters. The van der Waals surface area contributed by atoms with Gasteiger partial charge in [-0.25, -0.2) is 13.8 Å². The second-order valence-electron chi connectivity index (χ2n) is 7.39. The third kappa shape index (κ3) is 6.66. The largest absolute Gasteiger partial charge is 0.496 e. The number of methoxy groups -OCH3 is 1. The van der Waals surface area contributed by atoms with Crippen molar-refractivity contribution in [2.24, 2.45) is 5.10 Å². The van der Waals surface area contributed by atoms with Crippen LogP contribution in [0.1, 0.15) is 27.0 Å². The highest BCUT2D eigenvalue weighted by Crippen LogP contribution is 2.22. The summed E-state index contributed by atoms with van der Waals surface area (Å²) in [7, 11) is -1.97. The van der Waals surface area contributed by atoms with Crippen LogP contribution in [-0.4, -0.2) is 33.9 Å². The number of halogens is 1. The van der Waals surface area contributed by atoms with Gasteiger partial charge in [0.05, 0.1) is 31.8 Å². The fourth-order valence-electron chi connectivity index (χ4n) is 3.07. The van der Waals surface area contributed by atoms with Crippen LogP contribution in [0.4, 0.5) is 5.69 Å². The number of hydrazone groups is 1.